The van der Waals surface area contributed by atoms with Crippen molar-refractivity contribution < 1.29 is 9.53 Å². The molecule has 0 aromatic carbocycles. The molecule has 0 fully saturated rings. The third-order valence-corrected chi connectivity index (χ3v) is 5.85. The molecule has 0 saturated carbocycles. The zero-order chi connectivity index (χ0) is 16.7. The number of hydrogen-bond acceptors (Lipinski definition) is 4. The first-order valence-corrected chi connectivity index (χ1v) is 9.39. The van der Waals surface area contributed by atoms with Crippen molar-refractivity contribution >= 4 is 17.3 Å². The monoisotopic (exact) mass is 333 g/mol. The minimum atomic E-state index is -0.218. The van der Waals surface area contributed by atoms with Crippen LogP contribution in [0.1, 0.15) is 65.7 Å². The molecule has 4 heteroatoms. The average Bonchev–Trinajstić information content (AvgIpc) is 2.77. The molecular weight excluding hydrogens is 306 g/mol. The third kappa shape index (κ3) is 4.83. The van der Waals surface area contributed by atoms with Gasteiger partial charge in [-0.05, 0) is 44.2 Å². The highest BCUT2D eigenvalue weighted by Crippen LogP contribution is 2.34. The van der Waals surface area contributed by atoms with E-state index >= 15 is 0 Å². The van der Waals surface area contributed by atoms with E-state index in [1.54, 1.807) is 11.3 Å². The van der Waals surface area contributed by atoms with Gasteiger partial charge in [0.05, 0.1) is 12.7 Å². The maximum Gasteiger partial charge on any atom is 0.338 e. The average molecular weight is 333 g/mol. The highest BCUT2D eigenvalue weighted by Gasteiger charge is 2.20. The largest absolute Gasteiger partial charge is 0.465 e. The molecule has 0 spiro atoms. The SMILES string of the molecule is CCC(CCCN1CCC#CCC1)c1scc(C(=O)OC)c1C. The number of methoxy groups -OCH3 is 1. The molecule has 1 aromatic heterocycles. The molecule has 0 radical (unpaired) electrons. The number of carbonyl (C=O) groups is 1. The van der Waals surface area contributed by atoms with Crippen molar-refractivity contribution in [3.63, 3.8) is 0 Å². The molecule has 0 amide bonds. The Balaban J connectivity index is 1.90. The zero-order valence-electron chi connectivity index (χ0n) is 14.5. The molecule has 0 N–H and O–H groups in total. The van der Waals surface area contributed by atoms with Crippen LogP contribution < -0.4 is 0 Å². The summed E-state index contributed by atoms with van der Waals surface area (Å²) in [4.78, 5) is 15.6. The van der Waals surface area contributed by atoms with E-state index in [0.717, 1.165) is 50.0 Å². The lowest BCUT2D eigenvalue weighted by Gasteiger charge is -2.21. The van der Waals surface area contributed by atoms with E-state index in [4.69, 9.17) is 4.74 Å². The predicted molar refractivity (Wildman–Crippen MR) is 96.1 cm³/mol. The van der Waals surface area contributed by atoms with Gasteiger partial charge in [0.2, 0.25) is 0 Å². The van der Waals surface area contributed by atoms with Gasteiger partial charge in [0.25, 0.3) is 0 Å². The topological polar surface area (TPSA) is 29.5 Å². The Morgan fingerprint density at radius 3 is 2.70 bits per heavy atom. The third-order valence-electron chi connectivity index (χ3n) is 4.60. The van der Waals surface area contributed by atoms with Gasteiger partial charge in [-0.1, -0.05) is 6.92 Å². The summed E-state index contributed by atoms with van der Waals surface area (Å²) in [6, 6.07) is 0. The number of esters is 1. The summed E-state index contributed by atoms with van der Waals surface area (Å²) < 4.78 is 4.87. The van der Waals surface area contributed by atoms with Crippen LogP contribution in [0.4, 0.5) is 0 Å². The maximum absolute atomic E-state index is 11.8. The number of thiophene rings is 1. The molecule has 0 saturated heterocycles. The normalized spacial score (nSPS) is 16.3. The van der Waals surface area contributed by atoms with Gasteiger partial charge in [-0.2, -0.15) is 0 Å². The minimum Gasteiger partial charge on any atom is -0.465 e. The first-order valence-electron chi connectivity index (χ1n) is 8.51. The Labute approximate surface area is 144 Å². The molecule has 126 valence electrons. The molecule has 2 heterocycles. The van der Waals surface area contributed by atoms with Crippen LogP contribution in [-0.2, 0) is 4.74 Å². The van der Waals surface area contributed by atoms with Gasteiger partial charge in [-0.25, -0.2) is 4.79 Å². The van der Waals surface area contributed by atoms with E-state index in [0.29, 0.717) is 5.92 Å². The molecule has 23 heavy (non-hydrogen) atoms. The van der Waals surface area contributed by atoms with Crippen LogP contribution in [0.15, 0.2) is 5.38 Å². The van der Waals surface area contributed by atoms with Gasteiger partial charge in [0, 0.05) is 36.2 Å². The van der Waals surface area contributed by atoms with Crippen molar-refractivity contribution in [3.8, 4) is 11.8 Å². The van der Waals surface area contributed by atoms with Gasteiger partial charge in [0.1, 0.15) is 0 Å². The maximum atomic E-state index is 11.8. The van der Waals surface area contributed by atoms with Crippen molar-refractivity contribution in [2.75, 3.05) is 26.7 Å². The lowest BCUT2D eigenvalue weighted by atomic mass is 9.95. The van der Waals surface area contributed by atoms with E-state index in [9.17, 15) is 4.79 Å². The second-order valence-electron chi connectivity index (χ2n) is 6.07. The Morgan fingerprint density at radius 2 is 2.09 bits per heavy atom. The van der Waals surface area contributed by atoms with E-state index in [1.807, 2.05) is 12.3 Å². The summed E-state index contributed by atoms with van der Waals surface area (Å²) >= 11 is 1.71. The second kappa shape index (κ2) is 9.10. The van der Waals surface area contributed by atoms with Gasteiger partial charge in [-0.15, -0.1) is 23.2 Å². The molecule has 1 aliphatic rings. The van der Waals surface area contributed by atoms with Crippen molar-refractivity contribution in [1.29, 1.82) is 0 Å². The number of rotatable bonds is 7. The fraction of sp³-hybridized carbons (Fsp3) is 0.632. The summed E-state index contributed by atoms with van der Waals surface area (Å²) in [5, 5.41) is 1.95. The summed E-state index contributed by atoms with van der Waals surface area (Å²) in [5.41, 5.74) is 1.84. The molecule has 2 rings (SSSR count). The second-order valence-corrected chi connectivity index (χ2v) is 6.98. The van der Waals surface area contributed by atoms with Gasteiger partial charge >= 0.3 is 5.97 Å². The van der Waals surface area contributed by atoms with Crippen LogP contribution in [-0.4, -0.2) is 37.6 Å². The first kappa shape index (κ1) is 18.0. The number of nitrogens with zero attached hydrogens (tertiary/aromatic N) is 1. The van der Waals surface area contributed by atoms with E-state index in [2.05, 4.69) is 23.7 Å². The summed E-state index contributed by atoms with van der Waals surface area (Å²) in [6.07, 6.45) is 5.50. The molecule has 1 aliphatic heterocycles. The van der Waals surface area contributed by atoms with Crippen LogP contribution in [0.2, 0.25) is 0 Å². The van der Waals surface area contributed by atoms with E-state index < -0.39 is 0 Å². The van der Waals surface area contributed by atoms with Crippen LogP contribution in [0.3, 0.4) is 0 Å². The van der Waals surface area contributed by atoms with Gasteiger partial charge < -0.3 is 9.64 Å². The van der Waals surface area contributed by atoms with Gasteiger partial charge in [-0.3, -0.25) is 0 Å². The molecule has 0 aliphatic carbocycles. The Hall–Kier alpha value is -1.31. The van der Waals surface area contributed by atoms with Gasteiger partial charge in [0.15, 0.2) is 0 Å². The molecule has 1 unspecified atom stereocenters. The molecule has 3 nitrogen and oxygen atoms in total. The van der Waals surface area contributed by atoms with E-state index in [1.165, 1.54) is 24.8 Å². The number of hydrogen-bond donors (Lipinski definition) is 0. The zero-order valence-corrected chi connectivity index (χ0v) is 15.3. The molecule has 1 aromatic rings. The minimum absolute atomic E-state index is 0.218. The Morgan fingerprint density at radius 1 is 1.39 bits per heavy atom. The fourth-order valence-corrected chi connectivity index (χ4v) is 4.45. The van der Waals surface area contributed by atoms with Crippen LogP contribution in [0.25, 0.3) is 0 Å². The summed E-state index contributed by atoms with van der Waals surface area (Å²) in [5.74, 6) is 6.74. The Bertz CT molecular complexity index is 570. The fourth-order valence-electron chi connectivity index (χ4n) is 3.17. The summed E-state index contributed by atoms with van der Waals surface area (Å²) in [7, 11) is 1.45. The highest BCUT2D eigenvalue weighted by atomic mass is 32.1. The van der Waals surface area contributed by atoms with Crippen LogP contribution in [0, 0.1) is 18.8 Å². The van der Waals surface area contributed by atoms with E-state index in [-0.39, 0.29) is 5.97 Å². The molecule has 1 atom stereocenters. The lowest BCUT2D eigenvalue weighted by molar-refractivity contribution is 0.0600. The quantitative estimate of drug-likeness (QED) is 0.553. The Kier molecular flexibility index (Phi) is 7.14. The highest BCUT2D eigenvalue weighted by molar-refractivity contribution is 7.10. The predicted octanol–water partition coefficient (Wildman–Crippen LogP) is 4.22. The standard InChI is InChI=1S/C19H27NO2S/c1-4-16(10-9-13-20-11-7-5-6-8-12-20)18-15(2)17(14-23-18)19(21)22-3/h14,16H,4,7-13H2,1-3H3. The van der Waals surface area contributed by atoms with Crippen molar-refractivity contribution in [2.24, 2.45) is 0 Å². The van der Waals surface area contributed by atoms with Crippen molar-refractivity contribution in [3.05, 3.63) is 21.4 Å². The molecular formula is C19H27NO2S. The first-order chi connectivity index (χ1) is 11.2. The molecule has 0 bridgehead atoms. The van der Waals surface area contributed by atoms with Crippen molar-refractivity contribution in [2.45, 2.75) is 51.9 Å². The van der Waals surface area contributed by atoms with Crippen molar-refractivity contribution in [1.82, 2.24) is 4.90 Å². The van der Waals surface area contributed by atoms with Crippen LogP contribution in [0.5, 0.6) is 0 Å². The summed E-state index contributed by atoms with van der Waals surface area (Å²) in [6.45, 7) is 7.64. The van der Waals surface area contributed by atoms with Crippen LogP contribution >= 0.6 is 11.3 Å². The number of carbonyl (C=O) groups excluding carboxylic acids is 1. The lowest BCUT2D eigenvalue weighted by Crippen LogP contribution is -2.26. The number of ether oxygens (including phenoxy) is 1. The smallest absolute Gasteiger partial charge is 0.338 e.